The molecule has 2 aliphatic heterocycles. The maximum absolute atomic E-state index is 15.1. The van der Waals surface area contributed by atoms with Gasteiger partial charge in [-0.1, -0.05) is 64.0 Å². The van der Waals surface area contributed by atoms with E-state index >= 15 is 4.79 Å². The molecule has 0 saturated carbocycles. The molecule has 0 radical (unpaired) electrons. The van der Waals surface area contributed by atoms with Gasteiger partial charge in [0, 0.05) is 34.7 Å². The average molecular weight is 882 g/mol. The fraction of sp³-hybridized carbons (Fsp3) is 0.333. The minimum Gasteiger partial charge on any atom is -0.493 e. The lowest BCUT2D eigenvalue weighted by Crippen LogP contribution is -2.63. The summed E-state index contributed by atoms with van der Waals surface area (Å²) in [7, 11) is -1.42. The Balaban J connectivity index is 1.53. The Morgan fingerprint density at radius 3 is 2.36 bits per heavy atom. The zero-order valence-corrected chi connectivity index (χ0v) is 35.5. The first-order valence-corrected chi connectivity index (χ1v) is 20.5. The smallest absolute Gasteiger partial charge is 0.413 e. The van der Waals surface area contributed by atoms with Gasteiger partial charge < -0.3 is 42.6 Å². The molecule has 1 N–H and O–H groups in total. The first kappa shape index (κ1) is 42.3. The Hall–Kier alpha value is -5.29. The van der Waals surface area contributed by atoms with Crippen molar-refractivity contribution in [1.29, 1.82) is 0 Å². The lowest BCUT2D eigenvalue weighted by atomic mass is 9.96. The van der Waals surface area contributed by atoms with E-state index in [1.807, 2.05) is 44.2 Å². The van der Waals surface area contributed by atoms with E-state index in [1.54, 1.807) is 39.0 Å². The molecular weight excluding hydrogens is 836 g/mol. The van der Waals surface area contributed by atoms with Gasteiger partial charge in [0.15, 0.2) is 41.8 Å². The van der Waals surface area contributed by atoms with Gasteiger partial charge in [-0.2, -0.15) is 8.42 Å². The molecule has 308 valence electrons. The van der Waals surface area contributed by atoms with Crippen LogP contribution in [0.25, 0.3) is 6.08 Å². The number of ether oxygens (including phenoxy) is 6. The summed E-state index contributed by atoms with van der Waals surface area (Å²) in [6.45, 7) is 8.32. The second-order valence-electron chi connectivity index (χ2n) is 14.0. The van der Waals surface area contributed by atoms with E-state index in [0.29, 0.717) is 38.2 Å². The number of aliphatic hydroxyl groups is 1. The molecule has 2 heterocycles. The van der Waals surface area contributed by atoms with Crippen LogP contribution in [0, 0.1) is 20.8 Å². The molecule has 16 heteroatoms. The summed E-state index contributed by atoms with van der Waals surface area (Å²) in [5, 5.41) is 12.4. The van der Waals surface area contributed by atoms with Gasteiger partial charge in [-0.25, -0.2) is 4.79 Å². The molecule has 0 aromatic heterocycles. The quantitative estimate of drug-likeness (QED) is 0.108. The fourth-order valence-corrected chi connectivity index (χ4v) is 8.21. The van der Waals surface area contributed by atoms with E-state index < -0.39 is 40.5 Å². The molecule has 6 rings (SSSR count). The number of aryl methyl sites for hydroxylation is 1. The Morgan fingerprint density at radius 2 is 1.71 bits per heavy atom. The highest BCUT2D eigenvalue weighted by atomic mass is 79.9. The van der Waals surface area contributed by atoms with Gasteiger partial charge in [0.2, 0.25) is 6.79 Å². The standard InChI is InChI=1S/C42H45BrN2O12S/c1-24(2)56-42(48)45-33(17-29-19-34(53-22-51-6)38(52-7)26(4)36(29)43)40(46)44(21-28-11-9-8-10-12-28)32(41(45)47)18-30-20-35-39(55-23-54-35)27(5)37(30)57-58(49,50)31-15-13-25(3)14-16-31/h8-16,18-20,24,33,41,47H,17,21-23H2,1-7H3/b32-18-. The molecule has 0 spiro atoms. The second-order valence-corrected chi connectivity index (χ2v) is 16.3. The summed E-state index contributed by atoms with van der Waals surface area (Å²) < 4.78 is 67.5. The van der Waals surface area contributed by atoms with Crippen molar-refractivity contribution in [3.8, 4) is 28.7 Å². The van der Waals surface area contributed by atoms with Crippen LogP contribution >= 0.6 is 15.9 Å². The summed E-state index contributed by atoms with van der Waals surface area (Å²) in [5.74, 6) is 0.651. The third kappa shape index (κ3) is 8.74. The van der Waals surface area contributed by atoms with E-state index in [4.69, 9.17) is 32.6 Å². The molecule has 58 heavy (non-hydrogen) atoms. The number of fused-ring (bicyclic) bond motifs is 1. The predicted octanol–water partition coefficient (Wildman–Crippen LogP) is 7.02. The Bertz CT molecular complexity index is 2320. The highest BCUT2D eigenvalue weighted by Crippen LogP contribution is 2.46. The number of methoxy groups -OCH3 is 2. The lowest BCUT2D eigenvalue weighted by molar-refractivity contribution is -0.148. The Kier molecular flexibility index (Phi) is 12.9. The van der Waals surface area contributed by atoms with Crippen molar-refractivity contribution < 1.29 is 55.7 Å². The largest absolute Gasteiger partial charge is 0.493 e. The number of carbonyl (C=O) groups excluding carboxylic acids is 2. The van der Waals surface area contributed by atoms with Crippen molar-refractivity contribution in [2.24, 2.45) is 0 Å². The van der Waals surface area contributed by atoms with Gasteiger partial charge in [-0.05, 0) is 76.1 Å². The number of rotatable bonds is 13. The number of amides is 2. The molecule has 1 fully saturated rings. The molecule has 0 aliphatic carbocycles. The van der Waals surface area contributed by atoms with E-state index in [1.165, 1.54) is 43.4 Å². The van der Waals surface area contributed by atoms with Crippen molar-refractivity contribution in [1.82, 2.24) is 9.80 Å². The molecule has 0 bridgehead atoms. The van der Waals surface area contributed by atoms with Gasteiger partial charge in [0.25, 0.3) is 5.91 Å². The van der Waals surface area contributed by atoms with Crippen LogP contribution in [0.5, 0.6) is 28.7 Å². The molecule has 2 atom stereocenters. The number of piperazine rings is 1. The van der Waals surface area contributed by atoms with Crippen molar-refractivity contribution in [3.05, 3.63) is 110 Å². The van der Waals surface area contributed by atoms with Crippen LogP contribution in [0.3, 0.4) is 0 Å². The normalized spacial score (nSPS) is 17.2. The monoisotopic (exact) mass is 880 g/mol. The van der Waals surface area contributed by atoms with Crippen LogP contribution in [-0.2, 0) is 37.4 Å². The Labute approximate surface area is 346 Å². The van der Waals surface area contributed by atoms with Gasteiger partial charge in [-0.3, -0.25) is 9.69 Å². The van der Waals surface area contributed by atoms with Crippen LogP contribution in [-0.4, -0.2) is 81.5 Å². The highest BCUT2D eigenvalue weighted by molar-refractivity contribution is 9.10. The maximum atomic E-state index is 15.1. The first-order valence-electron chi connectivity index (χ1n) is 18.3. The molecule has 2 amide bonds. The number of halogens is 1. The van der Waals surface area contributed by atoms with Crippen LogP contribution < -0.4 is 23.1 Å². The molecule has 14 nitrogen and oxygen atoms in total. The topological polar surface area (TPSA) is 160 Å². The minimum absolute atomic E-state index is 0.0292. The summed E-state index contributed by atoms with van der Waals surface area (Å²) in [5.41, 5.74) is 3.15. The van der Waals surface area contributed by atoms with Crippen LogP contribution in [0.2, 0.25) is 0 Å². The molecule has 4 aromatic rings. The van der Waals surface area contributed by atoms with Gasteiger partial charge in [0.05, 0.1) is 25.5 Å². The third-order valence-corrected chi connectivity index (χ3v) is 11.9. The first-order chi connectivity index (χ1) is 27.6. The molecule has 2 aliphatic rings. The fourth-order valence-electron chi connectivity index (χ4n) is 6.75. The molecule has 2 unspecified atom stereocenters. The van der Waals surface area contributed by atoms with Crippen molar-refractivity contribution in [2.75, 3.05) is 27.8 Å². The molecule has 1 saturated heterocycles. The van der Waals surface area contributed by atoms with E-state index in [-0.39, 0.29) is 60.0 Å². The summed E-state index contributed by atoms with van der Waals surface area (Å²) in [4.78, 5) is 31.4. The summed E-state index contributed by atoms with van der Waals surface area (Å²) in [6.07, 6.45) is -2.05. The van der Waals surface area contributed by atoms with Gasteiger partial charge in [0.1, 0.15) is 10.9 Å². The zero-order chi connectivity index (χ0) is 41.9. The minimum atomic E-state index is -4.41. The SMILES string of the molecule is COCOc1cc(CC2C(=O)N(Cc3ccccc3)/C(=C\c3cc4c(c(C)c3OS(=O)(=O)c3ccc(C)cc3)OCO4)C(O)N2C(=O)OC(C)C)c(Br)c(C)c1OC. The summed E-state index contributed by atoms with van der Waals surface area (Å²) >= 11 is 3.66. The number of aliphatic hydroxyl groups excluding tert-OH is 1. The van der Waals surface area contributed by atoms with Crippen molar-refractivity contribution in [3.63, 3.8) is 0 Å². The van der Waals surface area contributed by atoms with Gasteiger partial charge >= 0.3 is 16.2 Å². The maximum Gasteiger partial charge on any atom is 0.413 e. The molecule has 4 aromatic carbocycles. The third-order valence-electron chi connectivity index (χ3n) is 9.57. The van der Waals surface area contributed by atoms with Crippen LogP contribution in [0.4, 0.5) is 4.79 Å². The van der Waals surface area contributed by atoms with Crippen LogP contribution in [0.1, 0.15) is 47.2 Å². The predicted molar refractivity (Wildman–Crippen MR) is 216 cm³/mol. The second kappa shape index (κ2) is 17.7. The Morgan fingerprint density at radius 1 is 1.00 bits per heavy atom. The number of benzene rings is 4. The van der Waals surface area contributed by atoms with E-state index in [9.17, 15) is 18.3 Å². The zero-order valence-electron chi connectivity index (χ0n) is 33.1. The van der Waals surface area contributed by atoms with E-state index in [0.717, 1.165) is 10.5 Å². The highest BCUT2D eigenvalue weighted by Gasteiger charge is 2.47. The number of carbonyl (C=O) groups is 2. The summed E-state index contributed by atoms with van der Waals surface area (Å²) in [6, 6.07) is 17.2. The number of hydrogen-bond acceptors (Lipinski definition) is 12. The number of nitrogens with zero attached hydrogens (tertiary/aromatic N) is 2. The number of hydrogen-bond donors (Lipinski definition) is 1. The van der Waals surface area contributed by atoms with E-state index in [2.05, 4.69) is 15.9 Å². The average Bonchev–Trinajstić information content (AvgIpc) is 3.66. The van der Waals surface area contributed by atoms with Crippen molar-refractivity contribution >= 4 is 44.1 Å². The van der Waals surface area contributed by atoms with Gasteiger partial charge in [-0.15, -0.1) is 0 Å². The lowest BCUT2D eigenvalue weighted by Gasteiger charge is -2.45. The van der Waals surface area contributed by atoms with Crippen LogP contribution in [0.15, 0.2) is 81.8 Å². The van der Waals surface area contributed by atoms with Crippen molar-refractivity contribution in [2.45, 2.75) is 70.9 Å². The molecular formula is C42H45BrN2O12S.